The molecule has 0 atom stereocenters. The van der Waals surface area contributed by atoms with Gasteiger partial charge in [0.1, 0.15) is 11.5 Å². The van der Waals surface area contributed by atoms with Gasteiger partial charge in [-0.25, -0.2) is 10.2 Å². The van der Waals surface area contributed by atoms with Crippen molar-refractivity contribution in [2.45, 2.75) is 6.18 Å². The van der Waals surface area contributed by atoms with Crippen LogP contribution in [0.15, 0.2) is 53.6 Å². The molecule has 0 aliphatic heterocycles. The second-order valence-electron chi connectivity index (χ2n) is 4.40. The molecule has 0 saturated carbocycles. The Hall–Kier alpha value is -3.03. The summed E-state index contributed by atoms with van der Waals surface area (Å²) >= 11 is 0. The second kappa shape index (κ2) is 6.82. The van der Waals surface area contributed by atoms with E-state index in [0.717, 1.165) is 12.1 Å². The molecule has 2 amide bonds. The molecular formula is C15H12F3N3O2. The van der Waals surface area contributed by atoms with Gasteiger partial charge in [-0.05, 0) is 36.4 Å². The van der Waals surface area contributed by atoms with E-state index >= 15 is 0 Å². The van der Waals surface area contributed by atoms with Crippen LogP contribution in [-0.4, -0.2) is 12.2 Å². The summed E-state index contributed by atoms with van der Waals surface area (Å²) in [5.41, 5.74) is 6.67. The van der Waals surface area contributed by atoms with Gasteiger partial charge in [0.15, 0.2) is 0 Å². The number of nitrogens with zero attached hydrogens (tertiary/aromatic N) is 1. The molecule has 0 aromatic heterocycles. The summed E-state index contributed by atoms with van der Waals surface area (Å²) in [5, 5.41) is 3.61. The van der Waals surface area contributed by atoms with E-state index in [-0.39, 0.29) is 5.75 Å². The largest absolute Gasteiger partial charge is 0.457 e. The van der Waals surface area contributed by atoms with Gasteiger partial charge in [0.2, 0.25) is 0 Å². The summed E-state index contributed by atoms with van der Waals surface area (Å²) in [6.45, 7) is 0. The van der Waals surface area contributed by atoms with Gasteiger partial charge in [0.25, 0.3) is 0 Å². The summed E-state index contributed by atoms with van der Waals surface area (Å²) in [6.07, 6.45) is -3.09. The molecule has 23 heavy (non-hydrogen) atoms. The lowest BCUT2D eigenvalue weighted by molar-refractivity contribution is -0.137. The van der Waals surface area contributed by atoms with Crippen molar-refractivity contribution in [2.75, 3.05) is 0 Å². The third kappa shape index (κ3) is 4.73. The molecule has 0 radical (unpaired) electrons. The molecule has 5 nitrogen and oxygen atoms in total. The Morgan fingerprint density at radius 2 is 1.78 bits per heavy atom. The SMILES string of the molecule is NC(=O)NN=Cc1ccccc1Oc1ccc(C(F)(F)F)cc1. The zero-order chi connectivity index (χ0) is 16.9. The van der Waals surface area contributed by atoms with E-state index in [4.69, 9.17) is 10.5 Å². The minimum absolute atomic E-state index is 0.238. The van der Waals surface area contributed by atoms with Gasteiger partial charge in [-0.15, -0.1) is 0 Å². The molecule has 0 bridgehead atoms. The number of ether oxygens (including phenoxy) is 1. The van der Waals surface area contributed by atoms with Gasteiger partial charge in [-0.3, -0.25) is 0 Å². The molecule has 0 unspecified atom stereocenters. The Kier molecular flexibility index (Phi) is 4.85. The Morgan fingerprint density at radius 3 is 2.39 bits per heavy atom. The molecule has 2 aromatic rings. The van der Waals surface area contributed by atoms with Crippen LogP contribution in [-0.2, 0) is 6.18 Å². The topological polar surface area (TPSA) is 76.7 Å². The van der Waals surface area contributed by atoms with E-state index in [1.54, 1.807) is 24.3 Å². The summed E-state index contributed by atoms with van der Waals surface area (Å²) in [5.74, 6) is 0.601. The van der Waals surface area contributed by atoms with Crippen molar-refractivity contribution in [1.82, 2.24) is 5.43 Å². The first-order chi connectivity index (χ1) is 10.9. The lowest BCUT2D eigenvalue weighted by Gasteiger charge is -2.10. The normalized spacial score (nSPS) is 11.4. The minimum Gasteiger partial charge on any atom is -0.457 e. The molecule has 0 heterocycles. The number of para-hydroxylation sites is 1. The fourth-order valence-corrected chi connectivity index (χ4v) is 1.68. The highest BCUT2D eigenvalue weighted by Crippen LogP contribution is 2.31. The van der Waals surface area contributed by atoms with Crippen LogP contribution in [0.25, 0.3) is 0 Å². The van der Waals surface area contributed by atoms with E-state index in [1.165, 1.54) is 18.3 Å². The van der Waals surface area contributed by atoms with Crippen molar-refractivity contribution in [2.24, 2.45) is 10.8 Å². The highest BCUT2D eigenvalue weighted by Gasteiger charge is 2.30. The number of carbonyl (C=O) groups excluding carboxylic acids is 1. The number of nitrogens with one attached hydrogen (secondary N) is 1. The zero-order valence-corrected chi connectivity index (χ0v) is 11.7. The predicted molar refractivity (Wildman–Crippen MR) is 78.3 cm³/mol. The van der Waals surface area contributed by atoms with Gasteiger partial charge in [0, 0.05) is 5.56 Å². The molecule has 0 fully saturated rings. The Labute approximate surface area is 129 Å². The first kappa shape index (κ1) is 16.3. The first-order valence-electron chi connectivity index (χ1n) is 6.39. The molecule has 2 aromatic carbocycles. The van der Waals surface area contributed by atoms with Crippen LogP contribution in [0.4, 0.5) is 18.0 Å². The number of primary amides is 1. The number of hydrogen-bond donors (Lipinski definition) is 2. The maximum absolute atomic E-state index is 12.5. The van der Waals surface area contributed by atoms with Crippen LogP contribution in [0.3, 0.4) is 0 Å². The molecular weight excluding hydrogens is 311 g/mol. The van der Waals surface area contributed by atoms with Crippen molar-refractivity contribution in [3.8, 4) is 11.5 Å². The van der Waals surface area contributed by atoms with Crippen molar-refractivity contribution in [3.63, 3.8) is 0 Å². The van der Waals surface area contributed by atoms with Gasteiger partial charge in [-0.1, -0.05) is 12.1 Å². The number of rotatable bonds is 4. The monoisotopic (exact) mass is 323 g/mol. The van der Waals surface area contributed by atoms with Gasteiger partial charge >= 0.3 is 12.2 Å². The summed E-state index contributed by atoms with van der Waals surface area (Å²) in [4.78, 5) is 10.6. The fourth-order valence-electron chi connectivity index (χ4n) is 1.68. The first-order valence-corrected chi connectivity index (χ1v) is 6.39. The molecule has 0 aliphatic carbocycles. The van der Waals surface area contributed by atoms with Crippen molar-refractivity contribution < 1.29 is 22.7 Å². The van der Waals surface area contributed by atoms with Gasteiger partial charge in [-0.2, -0.15) is 18.3 Å². The maximum Gasteiger partial charge on any atom is 0.416 e. The number of benzene rings is 2. The van der Waals surface area contributed by atoms with E-state index in [1.807, 2.05) is 5.43 Å². The predicted octanol–water partition coefficient (Wildman–Crippen LogP) is 3.50. The van der Waals surface area contributed by atoms with Crippen LogP contribution in [0, 0.1) is 0 Å². The van der Waals surface area contributed by atoms with Crippen LogP contribution >= 0.6 is 0 Å². The highest BCUT2D eigenvalue weighted by atomic mass is 19.4. The number of halogens is 3. The Bertz CT molecular complexity index is 713. The van der Waals surface area contributed by atoms with E-state index < -0.39 is 17.8 Å². The third-order valence-electron chi connectivity index (χ3n) is 2.71. The molecule has 2 rings (SSSR count). The molecule has 3 N–H and O–H groups in total. The third-order valence-corrected chi connectivity index (χ3v) is 2.71. The fraction of sp³-hybridized carbons (Fsp3) is 0.0667. The van der Waals surface area contributed by atoms with E-state index in [9.17, 15) is 18.0 Å². The summed E-state index contributed by atoms with van der Waals surface area (Å²) < 4.78 is 43.1. The Morgan fingerprint density at radius 1 is 1.13 bits per heavy atom. The smallest absolute Gasteiger partial charge is 0.416 e. The van der Waals surface area contributed by atoms with Crippen molar-refractivity contribution in [1.29, 1.82) is 0 Å². The lowest BCUT2D eigenvalue weighted by atomic mass is 10.2. The number of urea groups is 1. The summed E-state index contributed by atoms with van der Waals surface area (Å²) in [6, 6.07) is 10.2. The van der Waals surface area contributed by atoms with Crippen molar-refractivity contribution >= 4 is 12.2 Å². The van der Waals surface area contributed by atoms with E-state index in [0.29, 0.717) is 11.3 Å². The highest BCUT2D eigenvalue weighted by molar-refractivity contribution is 5.84. The maximum atomic E-state index is 12.5. The summed E-state index contributed by atoms with van der Waals surface area (Å²) in [7, 11) is 0. The Balaban J connectivity index is 2.17. The minimum atomic E-state index is -4.40. The van der Waals surface area contributed by atoms with Gasteiger partial charge in [0.05, 0.1) is 11.8 Å². The number of hydrogen-bond acceptors (Lipinski definition) is 3. The number of hydrazone groups is 1. The number of amides is 2. The van der Waals surface area contributed by atoms with Crippen LogP contribution < -0.4 is 15.9 Å². The average molecular weight is 323 g/mol. The average Bonchev–Trinajstić information content (AvgIpc) is 2.48. The molecule has 0 saturated heterocycles. The quantitative estimate of drug-likeness (QED) is 0.667. The number of alkyl halides is 3. The van der Waals surface area contributed by atoms with E-state index in [2.05, 4.69) is 5.10 Å². The van der Waals surface area contributed by atoms with Crippen LogP contribution in [0.5, 0.6) is 11.5 Å². The molecule has 0 spiro atoms. The number of carbonyl (C=O) groups is 1. The second-order valence-corrected chi connectivity index (χ2v) is 4.40. The molecule has 0 aliphatic rings. The van der Waals surface area contributed by atoms with Crippen LogP contribution in [0.2, 0.25) is 0 Å². The molecule has 120 valence electrons. The standard InChI is InChI=1S/C15H12F3N3O2/c16-15(17,18)11-5-7-12(8-6-11)23-13-4-2-1-3-10(13)9-20-21-14(19)22/h1-9H,(H3,19,21,22). The van der Waals surface area contributed by atoms with Gasteiger partial charge < -0.3 is 10.5 Å². The zero-order valence-electron chi connectivity index (χ0n) is 11.7. The van der Waals surface area contributed by atoms with Crippen molar-refractivity contribution in [3.05, 3.63) is 59.7 Å². The molecule has 8 heteroatoms. The lowest BCUT2D eigenvalue weighted by Crippen LogP contribution is -2.24. The number of nitrogens with two attached hydrogens (primary N) is 1. The van der Waals surface area contributed by atoms with Crippen LogP contribution in [0.1, 0.15) is 11.1 Å².